The van der Waals surface area contributed by atoms with Gasteiger partial charge in [0.15, 0.2) is 6.61 Å². The van der Waals surface area contributed by atoms with Gasteiger partial charge < -0.3 is 10.1 Å². The van der Waals surface area contributed by atoms with Crippen LogP contribution in [0.1, 0.15) is 31.4 Å². The van der Waals surface area contributed by atoms with E-state index in [-0.39, 0.29) is 41.4 Å². The second kappa shape index (κ2) is 7.94. The highest BCUT2D eigenvalue weighted by Gasteiger charge is 2.61. The summed E-state index contributed by atoms with van der Waals surface area (Å²) in [5, 5.41) is 2.77. The van der Waals surface area contributed by atoms with E-state index in [1.54, 1.807) is 13.8 Å². The van der Waals surface area contributed by atoms with Gasteiger partial charge in [0, 0.05) is 5.69 Å². The summed E-state index contributed by atoms with van der Waals surface area (Å²) < 4.78 is 5.27. The van der Waals surface area contributed by atoms with Crippen molar-refractivity contribution in [1.29, 1.82) is 0 Å². The van der Waals surface area contributed by atoms with Crippen molar-refractivity contribution in [3.8, 4) is 0 Å². The number of esters is 1. The molecule has 1 aromatic rings. The van der Waals surface area contributed by atoms with Crippen LogP contribution in [0, 0.1) is 43.4 Å². The highest BCUT2D eigenvalue weighted by Crippen LogP contribution is 2.53. The van der Waals surface area contributed by atoms with Gasteiger partial charge >= 0.3 is 5.97 Å². The van der Waals surface area contributed by atoms with E-state index in [2.05, 4.69) is 5.32 Å². The first-order valence-corrected chi connectivity index (χ1v) is 10.8. The normalized spacial score (nSPS) is 27.1. The summed E-state index contributed by atoms with van der Waals surface area (Å²) in [6.07, 6.45) is 4.86. The molecule has 3 amide bonds. The summed E-state index contributed by atoms with van der Waals surface area (Å²) in [6.45, 7) is 6.82. The third-order valence-corrected chi connectivity index (χ3v) is 6.75. The van der Waals surface area contributed by atoms with Gasteiger partial charge in [-0.25, -0.2) is 4.79 Å². The number of allylic oxidation sites excluding steroid dienone is 2. The Morgan fingerprint density at radius 1 is 1.06 bits per heavy atom. The molecule has 5 atom stereocenters. The standard InChI is InChI=1S/C24H28N2O5/c1-12(2)21(26-22(28)18-15-8-9-16(10-15)19(18)23(26)29)24(30)31-11-17(27)25-20-13(3)6-5-7-14(20)4/h5-9,12,15-16,18-19,21H,10-11H2,1-4H3,(H,25,27)/t15-,16-,18-,19+,21+/m0/s1. The largest absolute Gasteiger partial charge is 0.454 e. The molecule has 0 unspecified atom stereocenters. The van der Waals surface area contributed by atoms with Crippen LogP contribution in [-0.4, -0.2) is 41.2 Å². The Kier molecular flexibility index (Phi) is 5.45. The maximum absolute atomic E-state index is 13.1. The maximum atomic E-state index is 13.1. The van der Waals surface area contributed by atoms with Crippen LogP contribution in [-0.2, 0) is 23.9 Å². The SMILES string of the molecule is Cc1cccc(C)c1NC(=O)COC(=O)[C@@H](C(C)C)N1C(=O)[C@@H]2[C@H](C1=O)[C@H]1C=C[C@H]2C1. The molecule has 7 heteroatoms. The number of nitrogens with one attached hydrogen (secondary N) is 1. The van der Waals surface area contributed by atoms with Crippen molar-refractivity contribution in [1.82, 2.24) is 4.90 Å². The Bertz CT molecular complexity index is 932. The maximum Gasteiger partial charge on any atom is 0.330 e. The van der Waals surface area contributed by atoms with E-state index in [0.717, 1.165) is 22.4 Å². The van der Waals surface area contributed by atoms with Gasteiger partial charge in [-0.2, -0.15) is 0 Å². The minimum atomic E-state index is -1.03. The van der Waals surface area contributed by atoms with E-state index >= 15 is 0 Å². The molecule has 1 saturated carbocycles. The lowest BCUT2D eigenvalue weighted by Crippen LogP contribution is -2.50. The smallest absolute Gasteiger partial charge is 0.330 e. The van der Waals surface area contributed by atoms with Crippen molar-refractivity contribution < 1.29 is 23.9 Å². The molecule has 0 radical (unpaired) electrons. The van der Waals surface area contributed by atoms with Crippen molar-refractivity contribution in [2.24, 2.45) is 29.6 Å². The molecule has 0 spiro atoms. The van der Waals surface area contributed by atoms with Crippen LogP contribution in [0.5, 0.6) is 0 Å². The fraction of sp³-hybridized carbons (Fsp3) is 0.500. The summed E-state index contributed by atoms with van der Waals surface area (Å²) in [7, 11) is 0. The highest BCUT2D eigenvalue weighted by molar-refractivity contribution is 6.09. The first-order valence-electron chi connectivity index (χ1n) is 10.8. The van der Waals surface area contributed by atoms with Gasteiger partial charge in [0.2, 0.25) is 11.8 Å². The number of aryl methyl sites for hydroxylation is 2. The van der Waals surface area contributed by atoms with Crippen LogP contribution in [0.3, 0.4) is 0 Å². The number of likely N-dealkylation sites (tertiary alicyclic amines) is 1. The molecule has 31 heavy (non-hydrogen) atoms. The van der Waals surface area contributed by atoms with Crippen LogP contribution in [0.2, 0.25) is 0 Å². The number of carbonyl (C=O) groups is 4. The third kappa shape index (κ3) is 3.56. The van der Waals surface area contributed by atoms with Gasteiger partial charge in [-0.3, -0.25) is 19.3 Å². The van der Waals surface area contributed by atoms with Crippen LogP contribution >= 0.6 is 0 Å². The Balaban J connectivity index is 1.43. The van der Waals surface area contributed by atoms with Gasteiger partial charge in [0.1, 0.15) is 6.04 Å². The molecule has 164 valence electrons. The first-order chi connectivity index (χ1) is 14.7. The lowest BCUT2D eigenvalue weighted by atomic mass is 9.85. The van der Waals surface area contributed by atoms with E-state index in [9.17, 15) is 19.2 Å². The molecule has 1 N–H and O–H groups in total. The Hall–Kier alpha value is -2.96. The average Bonchev–Trinajstić information content (AvgIpc) is 3.39. The van der Waals surface area contributed by atoms with Crippen molar-refractivity contribution in [2.75, 3.05) is 11.9 Å². The van der Waals surface area contributed by atoms with Gasteiger partial charge in [0.05, 0.1) is 11.8 Å². The predicted octanol–water partition coefficient (Wildman–Crippen LogP) is 2.62. The molecule has 7 nitrogen and oxygen atoms in total. The van der Waals surface area contributed by atoms with Gasteiger partial charge in [-0.15, -0.1) is 0 Å². The van der Waals surface area contributed by atoms with Crippen LogP contribution in [0.25, 0.3) is 0 Å². The quantitative estimate of drug-likeness (QED) is 0.431. The molecular weight excluding hydrogens is 396 g/mol. The lowest BCUT2D eigenvalue weighted by molar-refractivity contribution is -0.162. The molecule has 4 rings (SSSR count). The Morgan fingerprint density at radius 2 is 1.61 bits per heavy atom. The number of hydrogen-bond donors (Lipinski definition) is 1. The molecule has 1 aromatic carbocycles. The number of amides is 3. The summed E-state index contributed by atoms with van der Waals surface area (Å²) >= 11 is 0. The molecule has 2 bridgehead atoms. The van der Waals surface area contributed by atoms with Crippen LogP contribution in [0.4, 0.5) is 5.69 Å². The number of fused-ring (bicyclic) bond motifs is 5. The van der Waals surface area contributed by atoms with Gasteiger partial charge in [-0.1, -0.05) is 44.2 Å². The number of rotatable bonds is 6. The summed E-state index contributed by atoms with van der Waals surface area (Å²) in [5.74, 6) is -2.70. The number of ether oxygens (including phenoxy) is 1. The van der Waals surface area contributed by atoms with Crippen LogP contribution in [0.15, 0.2) is 30.4 Å². The number of anilines is 1. The topological polar surface area (TPSA) is 92.8 Å². The summed E-state index contributed by atoms with van der Waals surface area (Å²) in [6, 6.07) is 4.63. The second-order valence-corrected chi connectivity index (χ2v) is 9.16. The minimum Gasteiger partial charge on any atom is -0.454 e. The molecule has 1 aliphatic heterocycles. The fourth-order valence-corrected chi connectivity index (χ4v) is 5.28. The summed E-state index contributed by atoms with van der Waals surface area (Å²) in [4.78, 5) is 52.5. The Labute approximate surface area is 181 Å². The Morgan fingerprint density at radius 3 is 2.13 bits per heavy atom. The zero-order valence-corrected chi connectivity index (χ0v) is 18.3. The third-order valence-electron chi connectivity index (χ3n) is 6.75. The molecule has 1 heterocycles. The van der Waals surface area contributed by atoms with Gasteiger partial charge in [0.25, 0.3) is 5.91 Å². The van der Waals surface area contributed by atoms with E-state index in [1.807, 2.05) is 44.2 Å². The van der Waals surface area contributed by atoms with Crippen LogP contribution < -0.4 is 5.32 Å². The zero-order valence-electron chi connectivity index (χ0n) is 18.3. The predicted molar refractivity (Wildman–Crippen MR) is 114 cm³/mol. The number of nitrogens with zero attached hydrogens (tertiary/aromatic N) is 1. The summed E-state index contributed by atoms with van der Waals surface area (Å²) in [5.41, 5.74) is 2.50. The monoisotopic (exact) mass is 424 g/mol. The molecule has 3 aliphatic rings. The van der Waals surface area contributed by atoms with E-state index in [0.29, 0.717) is 5.69 Å². The molecule has 1 saturated heterocycles. The van der Waals surface area contributed by atoms with Crippen molar-refractivity contribution in [3.05, 3.63) is 41.5 Å². The number of benzene rings is 1. The van der Waals surface area contributed by atoms with Crippen molar-refractivity contribution in [3.63, 3.8) is 0 Å². The molecule has 0 aromatic heterocycles. The average molecular weight is 424 g/mol. The highest BCUT2D eigenvalue weighted by atomic mass is 16.5. The zero-order chi connectivity index (χ0) is 22.4. The number of imide groups is 1. The molecule has 2 fully saturated rings. The van der Waals surface area contributed by atoms with Crippen molar-refractivity contribution in [2.45, 2.75) is 40.2 Å². The number of carbonyl (C=O) groups excluding carboxylic acids is 4. The van der Waals surface area contributed by atoms with E-state index < -0.39 is 24.5 Å². The lowest BCUT2D eigenvalue weighted by Gasteiger charge is -2.28. The molecular formula is C24H28N2O5. The fourth-order valence-electron chi connectivity index (χ4n) is 5.28. The molecule has 2 aliphatic carbocycles. The minimum absolute atomic E-state index is 0.0726. The number of hydrogen-bond acceptors (Lipinski definition) is 5. The second-order valence-electron chi connectivity index (χ2n) is 9.16. The van der Waals surface area contributed by atoms with E-state index in [4.69, 9.17) is 4.74 Å². The number of para-hydroxylation sites is 1. The first kappa shape index (κ1) is 21.3. The van der Waals surface area contributed by atoms with E-state index in [1.165, 1.54) is 0 Å². The van der Waals surface area contributed by atoms with Crippen molar-refractivity contribution >= 4 is 29.4 Å². The van der Waals surface area contributed by atoms with Gasteiger partial charge in [-0.05, 0) is 49.1 Å².